The van der Waals surface area contributed by atoms with E-state index >= 15 is 0 Å². The maximum Gasteiger partial charge on any atom is 0.248 e. The van der Waals surface area contributed by atoms with Gasteiger partial charge in [-0.15, -0.1) is 0 Å². The number of nitrogens with zero attached hydrogens (tertiary/aromatic N) is 3. The molecule has 1 saturated carbocycles. The van der Waals surface area contributed by atoms with Crippen LogP contribution in [0.5, 0.6) is 0 Å². The molecule has 1 aromatic heterocycles. The minimum Gasteiger partial charge on any atom is -0.342 e. The first-order chi connectivity index (χ1) is 13.0. The number of rotatable bonds is 3. The third kappa shape index (κ3) is 4.04. The maximum atomic E-state index is 13.3. The highest BCUT2D eigenvalue weighted by molar-refractivity contribution is 5.79. The van der Waals surface area contributed by atoms with Crippen LogP contribution in [0.2, 0.25) is 0 Å². The summed E-state index contributed by atoms with van der Waals surface area (Å²) in [5, 5.41) is 0. The molecule has 4 nitrogen and oxygen atoms in total. The smallest absolute Gasteiger partial charge is 0.248 e. The third-order valence-electron chi connectivity index (χ3n) is 5.94. The summed E-state index contributed by atoms with van der Waals surface area (Å²) in [6.07, 6.45) is 6.00. The van der Waals surface area contributed by atoms with Gasteiger partial charge in [0, 0.05) is 49.7 Å². The lowest BCUT2D eigenvalue weighted by Crippen LogP contribution is -2.43. The zero-order chi connectivity index (χ0) is 18.9. The SMILES string of the molecule is O=C(C1CCC(F)(F)CC1)N1CCC(n2cnc(-c3ccccc3)c2)CC1. The van der Waals surface area contributed by atoms with E-state index in [2.05, 4.69) is 15.7 Å². The van der Waals surface area contributed by atoms with Crippen molar-refractivity contribution in [2.45, 2.75) is 50.5 Å². The van der Waals surface area contributed by atoms with Gasteiger partial charge in [0.15, 0.2) is 0 Å². The Morgan fingerprint density at radius 3 is 2.37 bits per heavy atom. The first kappa shape index (κ1) is 18.1. The van der Waals surface area contributed by atoms with E-state index in [0.717, 1.165) is 24.1 Å². The number of halogens is 2. The van der Waals surface area contributed by atoms with Gasteiger partial charge in [-0.2, -0.15) is 0 Å². The van der Waals surface area contributed by atoms with Crippen molar-refractivity contribution in [2.24, 2.45) is 5.92 Å². The van der Waals surface area contributed by atoms with Gasteiger partial charge in [-0.3, -0.25) is 4.79 Å². The predicted molar refractivity (Wildman–Crippen MR) is 99.4 cm³/mol. The molecular formula is C21H25F2N3O. The van der Waals surface area contributed by atoms with Crippen molar-refractivity contribution in [2.75, 3.05) is 13.1 Å². The Balaban J connectivity index is 1.33. The fraction of sp³-hybridized carbons (Fsp3) is 0.524. The Bertz CT molecular complexity index is 772. The lowest BCUT2D eigenvalue weighted by molar-refractivity contribution is -0.141. The summed E-state index contributed by atoms with van der Waals surface area (Å²) in [6.45, 7) is 1.38. The van der Waals surface area contributed by atoms with Crippen LogP contribution in [-0.2, 0) is 4.79 Å². The molecule has 4 rings (SSSR count). The summed E-state index contributed by atoms with van der Waals surface area (Å²) in [5.74, 6) is -2.74. The van der Waals surface area contributed by atoms with Crippen LogP contribution in [0.15, 0.2) is 42.9 Å². The van der Waals surface area contributed by atoms with Gasteiger partial charge in [0.05, 0.1) is 12.0 Å². The number of alkyl halides is 2. The number of likely N-dealkylation sites (tertiary alicyclic amines) is 1. The van der Waals surface area contributed by atoms with Crippen molar-refractivity contribution >= 4 is 5.91 Å². The number of carbonyl (C=O) groups is 1. The van der Waals surface area contributed by atoms with Crippen LogP contribution in [0.25, 0.3) is 11.3 Å². The van der Waals surface area contributed by atoms with Crippen molar-refractivity contribution in [3.63, 3.8) is 0 Å². The predicted octanol–water partition coefficient (Wildman–Crippen LogP) is 4.54. The standard InChI is InChI=1S/C21H25F2N3O/c22-21(23)10-6-17(7-11-21)20(27)25-12-8-18(9-13-25)26-14-19(24-15-26)16-4-2-1-3-5-16/h1-5,14-15,17-18H,6-13H2. The quantitative estimate of drug-likeness (QED) is 0.792. The molecule has 0 N–H and O–H groups in total. The summed E-state index contributed by atoms with van der Waals surface area (Å²) in [4.78, 5) is 19.0. The van der Waals surface area contributed by atoms with Crippen LogP contribution in [0, 0.1) is 5.92 Å². The van der Waals surface area contributed by atoms with Crippen LogP contribution >= 0.6 is 0 Å². The molecule has 0 spiro atoms. The van der Waals surface area contributed by atoms with E-state index in [0.29, 0.717) is 32.0 Å². The van der Waals surface area contributed by atoms with Crippen LogP contribution < -0.4 is 0 Å². The van der Waals surface area contributed by atoms with E-state index in [9.17, 15) is 13.6 Å². The number of hydrogen-bond acceptors (Lipinski definition) is 2. The Morgan fingerprint density at radius 2 is 1.70 bits per heavy atom. The first-order valence-electron chi connectivity index (χ1n) is 9.77. The highest BCUT2D eigenvalue weighted by Gasteiger charge is 2.39. The second-order valence-electron chi connectivity index (χ2n) is 7.76. The molecule has 0 atom stereocenters. The van der Waals surface area contributed by atoms with Crippen molar-refractivity contribution < 1.29 is 13.6 Å². The average molecular weight is 373 g/mol. The number of imidazole rings is 1. The normalized spacial score (nSPS) is 21.3. The topological polar surface area (TPSA) is 38.1 Å². The monoisotopic (exact) mass is 373 g/mol. The number of aromatic nitrogens is 2. The minimum atomic E-state index is -2.58. The molecule has 0 unspecified atom stereocenters. The number of amides is 1. The van der Waals surface area contributed by atoms with Crippen LogP contribution in [-0.4, -0.2) is 39.4 Å². The van der Waals surface area contributed by atoms with Crippen LogP contribution in [0.1, 0.15) is 44.6 Å². The molecule has 6 heteroatoms. The Kier molecular flexibility index (Phi) is 4.98. The van der Waals surface area contributed by atoms with E-state index in [4.69, 9.17) is 0 Å². The molecule has 1 aliphatic heterocycles. The largest absolute Gasteiger partial charge is 0.342 e. The zero-order valence-electron chi connectivity index (χ0n) is 15.4. The van der Waals surface area contributed by atoms with E-state index in [1.807, 2.05) is 41.6 Å². The molecule has 27 heavy (non-hydrogen) atoms. The highest BCUT2D eigenvalue weighted by atomic mass is 19.3. The fourth-order valence-corrected chi connectivity index (χ4v) is 4.22. The highest BCUT2D eigenvalue weighted by Crippen LogP contribution is 2.37. The minimum absolute atomic E-state index is 0.0690. The Morgan fingerprint density at radius 1 is 1.04 bits per heavy atom. The molecular weight excluding hydrogens is 348 g/mol. The number of carbonyl (C=O) groups excluding carboxylic acids is 1. The summed E-state index contributed by atoms with van der Waals surface area (Å²) < 4.78 is 28.8. The molecule has 2 aliphatic rings. The van der Waals surface area contributed by atoms with E-state index in [-0.39, 0.29) is 24.7 Å². The molecule has 2 aromatic rings. The lowest BCUT2D eigenvalue weighted by Gasteiger charge is -2.36. The van der Waals surface area contributed by atoms with Gasteiger partial charge >= 0.3 is 0 Å². The van der Waals surface area contributed by atoms with Gasteiger partial charge in [-0.05, 0) is 25.7 Å². The second-order valence-corrected chi connectivity index (χ2v) is 7.76. The van der Waals surface area contributed by atoms with Crippen molar-refractivity contribution in [1.29, 1.82) is 0 Å². The van der Waals surface area contributed by atoms with Crippen LogP contribution in [0.3, 0.4) is 0 Å². The molecule has 2 heterocycles. The lowest BCUT2D eigenvalue weighted by atomic mass is 9.85. The third-order valence-corrected chi connectivity index (χ3v) is 5.94. The number of benzene rings is 1. The molecule has 1 aromatic carbocycles. The van der Waals surface area contributed by atoms with E-state index < -0.39 is 5.92 Å². The van der Waals surface area contributed by atoms with E-state index in [1.165, 1.54) is 0 Å². The van der Waals surface area contributed by atoms with Gasteiger partial charge in [0.2, 0.25) is 11.8 Å². The molecule has 2 fully saturated rings. The van der Waals surface area contributed by atoms with E-state index in [1.54, 1.807) is 0 Å². The van der Waals surface area contributed by atoms with Crippen molar-refractivity contribution in [1.82, 2.24) is 14.5 Å². The molecule has 144 valence electrons. The van der Waals surface area contributed by atoms with Gasteiger partial charge < -0.3 is 9.47 Å². The number of hydrogen-bond donors (Lipinski definition) is 0. The average Bonchev–Trinajstić information content (AvgIpc) is 3.19. The first-order valence-corrected chi connectivity index (χ1v) is 9.77. The maximum absolute atomic E-state index is 13.3. The Hall–Kier alpha value is -2.24. The van der Waals surface area contributed by atoms with Gasteiger partial charge in [-0.25, -0.2) is 13.8 Å². The van der Waals surface area contributed by atoms with Crippen molar-refractivity contribution in [3.05, 3.63) is 42.9 Å². The summed E-state index contributed by atoms with van der Waals surface area (Å²) in [7, 11) is 0. The van der Waals surface area contributed by atoms with Gasteiger partial charge in [-0.1, -0.05) is 30.3 Å². The molecule has 1 saturated heterocycles. The molecule has 0 radical (unpaired) electrons. The van der Waals surface area contributed by atoms with Crippen LogP contribution in [0.4, 0.5) is 8.78 Å². The zero-order valence-corrected chi connectivity index (χ0v) is 15.4. The molecule has 0 bridgehead atoms. The Labute approximate surface area is 158 Å². The van der Waals surface area contributed by atoms with Gasteiger partial charge in [0.1, 0.15) is 0 Å². The molecule has 1 amide bonds. The van der Waals surface area contributed by atoms with Gasteiger partial charge in [0.25, 0.3) is 0 Å². The molecule has 1 aliphatic carbocycles. The van der Waals surface area contributed by atoms with Crippen molar-refractivity contribution in [3.8, 4) is 11.3 Å². The number of piperidine rings is 1. The summed E-state index contributed by atoms with van der Waals surface area (Å²) >= 11 is 0. The summed E-state index contributed by atoms with van der Waals surface area (Å²) in [5.41, 5.74) is 2.05. The summed E-state index contributed by atoms with van der Waals surface area (Å²) in [6, 6.07) is 10.4. The fourth-order valence-electron chi connectivity index (χ4n) is 4.22. The second kappa shape index (κ2) is 7.41.